The molecule has 140 valence electrons. The number of halogens is 1. The molecule has 25 heavy (non-hydrogen) atoms. The Bertz CT molecular complexity index is 579. The largest absolute Gasteiger partial charge is 0.494 e. The number of ether oxygens (including phenoxy) is 1. The predicted octanol–water partition coefficient (Wildman–Crippen LogP) is 3.60. The van der Waals surface area contributed by atoms with E-state index in [0.717, 1.165) is 18.5 Å². The molecule has 2 rings (SSSR count). The molecule has 1 N–H and O–H groups in total. The van der Waals surface area contributed by atoms with Crippen molar-refractivity contribution >= 4 is 5.91 Å². The Morgan fingerprint density at radius 3 is 2.76 bits per heavy atom. The van der Waals surface area contributed by atoms with Crippen molar-refractivity contribution in [1.29, 1.82) is 0 Å². The van der Waals surface area contributed by atoms with Gasteiger partial charge in [-0.1, -0.05) is 39.7 Å². The molecule has 1 aromatic carbocycles. The molecule has 3 atom stereocenters. The average molecular weight is 350 g/mol. The van der Waals surface area contributed by atoms with E-state index >= 15 is 0 Å². The fourth-order valence-electron chi connectivity index (χ4n) is 3.59. The minimum absolute atomic E-state index is 0.0572. The molecule has 1 aliphatic rings. The van der Waals surface area contributed by atoms with Gasteiger partial charge in [-0.25, -0.2) is 4.39 Å². The van der Waals surface area contributed by atoms with Crippen LogP contribution in [0.15, 0.2) is 18.2 Å². The Balaban J connectivity index is 1.90. The number of rotatable bonds is 7. The Morgan fingerprint density at radius 1 is 1.36 bits per heavy atom. The number of nitrogens with zero attached hydrogens (tertiary/aromatic N) is 1. The first-order valence-corrected chi connectivity index (χ1v) is 9.28. The van der Waals surface area contributed by atoms with Gasteiger partial charge in [-0.15, -0.1) is 0 Å². The quantitative estimate of drug-likeness (QED) is 0.817. The van der Waals surface area contributed by atoms with Crippen molar-refractivity contribution in [2.75, 3.05) is 20.2 Å². The van der Waals surface area contributed by atoms with Crippen LogP contribution in [0.25, 0.3) is 0 Å². The second kappa shape index (κ2) is 9.18. The first kappa shape index (κ1) is 19.7. The summed E-state index contributed by atoms with van der Waals surface area (Å²) in [6.45, 7) is 8.12. The van der Waals surface area contributed by atoms with E-state index in [1.807, 2.05) is 17.9 Å². The van der Waals surface area contributed by atoms with Gasteiger partial charge in [-0.05, 0) is 42.5 Å². The first-order chi connectivity index (χ1) is 11.9. The van der Waals surface area contributed by atoms with Gasteiger partial charge in [0.15, 0.2) is 11.6 Å². The molecule has 1 aliphatic carbocycles. The van der Waals surface area contributed by atoms with Crippen LogP contribution in [-0.2, 0) is 11.3 Å². The number of amides is 1. The first-order valence-electron chi connectivity index (χ1n) is 9.28. The summed E-state index contributed by atoms with van der Waals surface area (Å²) in [5, 5.41) is 3.20. The minimum Gasteiger partial charge on any atom is -0.494 e. The summed E-state index contributed by atoms with van der Waals surface area (Å²) in [6, 6.07) is 5.22. The predicted molar refractivity (Wildman–Crippen MR) is 98.0 cm³/mol. The van der Waals surface area contributed by atoms with Crippen LogP contribution in [0, 0.1) is 17.7 Å². The van der Waals surface area contributed by atoms with Gasteiger partial charge in [0.05, 0.1) is 13.7 Å². The van der Waals surface area contributed by atoms with Crippen LogP contribution in [-0.4, -0.2) is 37.0 Å². The molecule has 1 amide bonds. The maximum absolute atomic E-state index is 13.8. The van der Waals surface area contributed by atoms with Crippen molar-refractivity contribution in [2.45, 2.75) is 52.6 Å². The number of methoxy groups -OCH3 is 1. The third-order valence-corrected chi connectivity index (χ3v) is 5.49. The van der Waals surface area contributed by atoms with Crippen molar-refractivity contribution in [3.63, 3.8) is 0 Å². The van der Waals surface area contributed by atoms with Crippen molar-refractivity contribution in [2.24, 2.45) is 11.8 Å². The van der Waals surface area contributed by atoms with Crippen LogP contribution in [0.2, 0.25) is 0 Å². The second-order valence-electron chi connectivity index (χ2n) is 7.21. The molecule has 3 unspecified atom stereocenters. The highest BCUT2D eigenvalue weighted by molar-refractivity contribution is 5.78. The molecule has 0 bridgehead atoms. The van der Waals surface area contributed by atoms with Gasteiger partial charge in [-0.3, -0.25) is 9.69 Å². The normalized spacial score (nSPS) is 23.5. The van der Waals surface area contributed by atoms with Crippen LogP contribution in [0.3, 0.4) is 0 Å². The maximum Gasteiger partial charge on any atom is 0.234 e. The van der Waals surface area contributed by atoms with E-state index < -0.39 is 0 Å². The standard InChI is InChI=1S/C20H31FN2O2/c1-5-23(12-16-9-10-19(25-4)17(21)11-16)13-20(24)22-18-8-6-7-14(2)15(18)3/h9-11,14-15,18H,5-8,12-13H2,1-4H3,(H,22,24). The number of hydrogen-bond acceptors (Lipinski definition) is 3. The zero-order chi connectivity index (χ0) is 18.4. The third-order valence-electron chi connectivity index (χ3n) is 5.49. The van der Waals surface area contributed by atoms with Crippen molar-refractivity contribution in [3.05, 3.63) is 29.6 Å². The van der Waals surface area contributed by atoms with E-state index in [2.05, 4.69) is 19.2 Å². The van der Waals surface area contributed by atoms with Crippen LogP contribution in [0.5, 0.6) is 5.75 Å². The number of nitrogens with one attached hydrogen (secondary N) is 1. The van der Waals surface area contributed by atoms with E-state index in [0.29, 0.717) is 24.9 Å². The summed E-state index contributed by atoms with van der Waals surface area (Å²) in [5.41, 5.74) is 0.840. The van der Waals surface area contributed by atoms with Crippen molar-refractivity contribution in [1.82, 2.24) is 10.2 Å². The van der Waals surface area contributed by atoms with Crippen LogP contribution < -0.4 is 10.1 Å². The highest BCUT2D eigenvalue weighted by atomic mass is 19.1. The number of carbonyl (C=O) groups is 1. The lowest BCUT2D eigenvalue weighted by Gasteiger charge is -2.35. The summed E-state index contributed by atoms with van der Waals surface area (Å²) in [7, 11) is 1.45. The minimum atomic E-state index is -0.370. The number of hydrogen-bond donors (Lipinski definition) is 1. The number of carbonyl (C=O) groups excluding carboxylic acids is 1. The van der Waals surface area contributed by atoms with E-state index in [9.17, 15) is 9.18 Å². The van der Waals surface area contributed by atoms with Crippen molar-refractivity contribution in [3.8, 4) is 5.75 Å². The summed E-state index contributed by atoms with van der Waals surface area (Å²) < 4.78 is 18.8. The van der Waals surface area contributed by atoms with E-state index in [-0.39, 0.29) is 23.5 Å². The molecule has 1 saturated carbocycles. The smallest absolute Gasteiger partial charge is 0.234 e. The summed E-state index contributed by atoms with van der Waals surface area (Å²) in [6.07, 6.45) is 3.49. The lowest BCUT2D eigenvalue weighted by molar-refractivity contribution is -0.123. The highest BCUT2D eigenvalue weighted by Gasteiger charge is 2.28. The lowest BCUT2D eigenvalue weighted by atomic mass is 9.78. The van der Waals surface area contributed by atoms with Gasteiger partial charge in [0.2, 0.25) is 5.91 Å². The number of benzene rings is 1. The molecule has 0 aromatic heterocycles. The summed E-state index contributed by atoms with van der Waals surface area (Å²) in [5.74, 6) is 1.10. The summed E-state index contributed by atoms with van der Waals surface area (Å²) >= 11 is 0. The molecule has 0 heterocycles. The SMILES string of the molecule is CCN(CC(=O)NC1CCCC(C)C1C)Cc1ccc(OC)c(F)c1. The van der Waals surface area contributed by atoms with E-state index in [1.165, 1.54) is 26.0 Å². The van der Waals surface area contributed by atoms with Crippen LogP contribution in [0.4, 0.5) is 4.39 Å². The summed E-state index contributed by atoms with van der Waals surface area (Å²) in [4.78, 5) is 14.5. The average Bonchev–Trinajstić information content (AvgIpc) is 2.58. The monoisotopic (exact) mass is 350 g/mol. The third kappa shape index (κ3) is 5.43. The molecule has 0 aliphatic heterocycles. The Hall–Kier alpha value is -1.62. The highest BCUT2D eigenvalue weighted by Crippen LogP contribution is 2.29. The van der Waals surface area contributed by atoms with Crippen LogP contribution >= 0.6 is 0 Å². The molecule has 4 nitrogen and oxygen atoms in total. The fraction of sp³-hybridized carbons (Fsp3) is 0.650. The topological polar surface area (TPSA) is 41.6 Å². The Kier molecular flexibility index (Phi) is 7.24. The maximum atomic E-state index is 13.8. The molecular formula is C20H31FN2O2. The van der Waals surface area contributed by atoms with Gasteiger partial charge in [-0.2, -0.15) is 0 Å². The Labute approximate surface area is 150 Å². The zero-order valence-corrected chi connectivity index (χ0v) is 15.8. The van der Waals surface area contributed by atoms with Gasteiger partial charge >= 0.3 is 0 Å². The molecule has 5 heteroatoms. The second-order valence-corrected chi connectivity index (χ2v) is 7.21. The van der Waals surface area contributed by atoms with Crippen molar-refractivity contribution < 1.29 is 13.9 Å². The number of likely N-dealkylation sites (N-methyl/N-ethyl adjacent to an activating group) is 1. The fourth-order valence-corrected chi connectivity index (χ4v) is 3.59. The lowest BCUT2D eigenvalue weighted by Crippen LogP contribution is -2.47. The molecule has 0 saturated heterocycles. The molecular weight excluding hydrogens is 319 g/mol. The van der Waals surface area contributed by atoms with E-state index in [1.54, 1.807) is 6.07 Å². The molecule has 1 fully saturated rings. The van der Waals surface area contributed by atoms with Crippen LogP contribution in [0.1, 0.15) is 45.6 Å². The van der Waals surface area contributed by atoms with Gasteiger partial charge < -0.3 is 10.1 Å². The molecule has 0 spiro atoms. The van der Waals surface area contributed by atoms with Gasteiger partial charge in [0.1, 0.15) is 0 Å². The van der Waals surface area contributed by atoms with E-state index in [4.69, 9.17) is 4.74 Å². The molecule has 0 radical (unpaired) electrons. The van der Waals surface area contributed by atoms with Gasteiger partial charge in [0, 0.05) is 12.6 Å². The van der Waals surface area contributed by atoms with Gasteiger partial charge in [0.25, 0.3) is 0 Å². The molecule has 1 aromatic rings. The Morgan fingerprint density at radius 2 is 2.12 bits per heavy atom. The zero-order valence-electron chi connectivity index (χ0n) is 15.8.